The van der Waals surface area contributed by atoms with E-state index in [1.54, 1.807) is 6.92 Å². The van der Waals surface area contributed by atoms with Gasteiger partial charge in [0.05, 0.1) is 0 Å². The number of ketones is 2. The quantitative estimate of drug-likeness (QED) is 0.543. The first-order valence-electron chi connectivity index (χ1n) is 5.18. The van der Waals surface area contributed by atoms with Crippen molar-refractivity contribution in [3.8, 4) is 0 Å². The zero-order valence-electron chi connectivity index (χ0n) is 8.77. The van der Waals surface area contributed by atoms with E-state index in [1.807, 2.05) is 0 Å². The minimum Gasteiger partial charge on any atom is -0.300 e. The molecule has 76 valence electrons. The van der Waals surface area contributed by atoms with Crippen LogP contribution in [-0.2, 0) is 9.59 Å². The van der Waals surface area contributed by atoms with Crippen LogP contribution >= 0.6 is 0 Å². The Bertz CT molecular complexity index is 161. The van der Waals surface area contributed by atoms with Gasteiger partial charge >= 0.3 is 0 Å². The second-order valence-corrected chi connectivity index (χ2v) is 3.55. The Kier molecular flexibility index (Phi) is 7.56. The van der Waals surface area contributed by atoms with E-state index < -0.39 is 0 Å². The molecule has 0 radical (unpaired) electrons. The number of unbranched alkanes of at least 4 members (excludes halogenated alkanes) is 2. The lowest BCUT2D eigenvalue weighted by atomic mass is 10.1. The number of Topliss-reactive ketones (excluding diaryl/α,β-unsaturated/α-hetero) is 2. The molecule has 13 heavy (non-hydrogen) atoms. The van der Waals surface area contributed by atoms with Crippen molar-refractivity contribution in [3.05, 3.63) is 0 Å². The molecule has 0 unspecified atom stereocenters. The molecular weight excluding hydrogens is 164 g/mol. The van der Waals surface area contributed by atoms with E-state index in [2.05, 4.69) is 6.92 Å². The summed E-state index contributed by atoms with van der Waals surface area (Å²) < 4.78 is 0. The molecule has 2 heteroatoms. The molecule has 2 nitrogen and oxygen atoms in total. The summed E-state index contributed by atoms with van der Waals surface area (Å²) in [5, 5.41) is 0. The highest BCUT2D eigenvalue weighted by atomic mass is 16.1. The summed E-state index contributed by atoms with van der Waals surface area (Å²) in [6, 6.07) is 0. The van der Waals surface area contributed by atoms with Crippen LogP contribution in [0.1, 0.15) is 58.8 Å². The molecule has 0 N–H and O–H groups in total. The second kappa shape index (κ2) is 7.96. The highest BCUT2D eigenvalue weighted by Crippen LogP contribution is 2.05. The van der Waals surface area contributed by atoms with E-state index in [1.165, 1.54) is 0 Å². The van der Waals surface area contributed by atoms with Crippen molar-refractivity contribution in [3.63, 3.8) is 0 Å². The predicted octanol–water partition coefficient (Wildman–Crippen LogP) is 2.90. The molecule has 0 spiro atoms. The van der Waals surface area contributed by atoms with Gasteiger partial charge in [-0.05, 0) is 19.8 Å². The van der Waals surface area contributed by atoms with Gasteiger partial charge in [0, 0.05) is 19.3 Å². The molecule has 0 aromatic heterocycles. The minimum atomic E-state index is 0.182. The SMILES string of the molecule is CCCCCC(=O)CCCC(C)=O. The maximum absolute atomic E-state index is 11.2. The van der Waals surface area contributed by atoms with Crippen LogP contribution in [0.2, 0.25) is 0 Å². The summed E-state index contributed by atoms with van der Waals surface area (Å²) in [6.07, 6.45) is 5.88. The van der Waals surface area contributed by atoms with Crippen molar-refractivity contribution in [1.29, 1.82) is 0 Å². The molecule has 0 rings (SSSR count). The van der Waals surface area contributed by atoms with Crippen molar-refractivity contribution in [2.45, 2.75) is 58.8 Å². The van der Waals surface area contributed by atoms with E-state index >= 15 is 0 Å². The van der Waals surface area contributed by atoms with Gasteiger partial charge in [-0.3, -0.25) is 4.79 Å². The highest BCUT2D eigenvalue weighted by Gasteiger charge is 2.02. The predicted molar refractivity (Wildman–Crippen MR) is 53.7 cm³/mol. The lowest BCUT2D eigenvalue weighted by Crippen LogP contribution is -1.99. The van der Waals surface area contributed by atoms with Gasteiger partial charge in [0.15, 0.2) is 0 Å². The van der Waals surface area contributed by atoms with E-state index in [4.69, 9.17) is 0 Å². The standard InChI is InChI=1S/C11H20O2/c1-3-4-5-8-11(13)9-6-7-10(2)12/h3-9H2,1-2H3. The molecule has 0 aliphatic rings. The molecule has 0 amide bonds. The van der Waals surface area contributed by atoms with Crippen molar-refractivity contribution in [2.75, 3.05) is 0 Å². The summed E-state index contributed by atoms with van der Waals surface area (Å²) in [7, 11) is 0. The molecule has 0 fully saturated rings. The Morgan fingerprint density at radius 2 is 1.54 bits per heavy atom. The number of carbonyl (C=O) groups is 2. The van der Waals surface area contributed by atoms with Gasteiger partial charge < -0.3 is 4.79 Å². The van der Waals surface area contributed by atoms with Crippen LogP contribution in [0.25, 0.3) is 0 Å². The maximum atomic E-state index is 11.2. The Hall–Kier alpha value is -0.660. The molecule has 0 aliphatic heterocycles. The Morgan fingerprint density at radius 3 is 2.08 bits per heavy atom. The van der Waals surface area contributed by atoms with Gasteiger partial charge in [0.1, 0.15) is 11.6 Å². The summed E-state index contributed by atoms with van der Waals surface area (Å²) >= 11 is 0. The monoisotopic (exact) mass is 184 g/mol. The van der Waals surface area contributed by atoms with Crippen molar-refractivity contribution in [1.82, 2.24) is 0 Å². The summed E-state index contributed by atoms with van der Waals surface area (Å²) in [6.45, 7) is 3.70. The second-order valence-electron chi connectivity index (χ2n) is 3.55. The van der Waals surface area contributed by atoms with Crippen molar-refractivity contribution in [2.24, 2.45) is 0 Å². The molecule has 0 saturated carbocycles. The van der Waals surface area contributed by atoms with Crippen LogP contribution in [0.3, 0.4) is 0 Å². The van der Waals surface area contributed by atoms with Gasteiger partial charge in [-0.1, -0.05) is 19.8 Å². The molecule has 0 saturated heterocycles. The number of rotatable bonds is 8. The number of hydrogen-bond acceptors (Lipinski definition) is 2. The first kappa shape index (κ1) is 12.3. The fraction of sp³-hybridized carbons (Fsp3) is 0.818. The third-order valence-corrected chi connectivity index (χ3v) is 2.04. The van der Waals surface area contributed by atoms with E-state index in [-0.39, 0.29) is 5.78 Å². The first-order valence-corrected chi connectivity index (χ1v) is 5.18. The normalized spacial score (nSPS) is 10.0. The van der Waals surface area contributed by atoms with Crippen LogP contribution in [0.5, 0.6) is 0 Å². The topological polar surface area (TPSA) is 34.1 Å². The average Bonchev–Trinajstić information content (AvgIpc) is 2.04. The lowest BCUT2D eigenvalue weighted by Gasteiger charge is -1.98. The largest absolute Gasteiger partial charge is 0.300 e. The van der Waals surface area contributed by atoms with Crippen LogP contribution in [0.15, 0.2) is 0 Å². The van der Waals surface area contributed by atoms with Crippen LogP contribution in [0.4, 0.5) is 0 Å². The fourth-order valence-corrected chi connectivity index (χ4v) is 1.23. The summed E-state index contributed by atoms with van der Waals surface area (Å²) in [5.74, 6) is 0.496. The van der Waals surface area contributed by atoms with Gasteiger partial charge in [-0.25, -0.2) is 0 Å². The first-order chi connectivity index (χ1) is 6.16. The third-order valence-electron chi connectivity index (χ3n) is 2.04. The van der Waals surface area contributed by atoms with E-state index in [9.17, 15) is 9.59 Å². The molecule has 0 bridgehead atoms. The van der Waals surface area contributed by atoms with Crippen LogP contribution in [-0.4, -0.2) is 11.6 Å². The zero-order chi connectivity index (χ0) is 10.1. The molecule has 0 aliphatic carbocycles. The third kappa shape index (κ3) is 9.25. The van der Waals surface area contributed by atoms with E-state index in [0.29, 0.717) is 25.0 Å². The maximum Gasteiger partial charge on any atom is 0.132 e. The zero-order valence-corrected chi connectivity index (χ0v) is 8.77. The van der Waals surface area contributed by atoms with E-state index in [0.717, 1.165) is 25.7 Å². The van der Waals surface area contributed by atoms with Crippen molar-refractivity contribution >= 4 is 11.6 Å². The lowest BCUT2D eigenvalue weighted by molar-refractivity contribution is -0.119. The smallest absolute Gasteiger partial charge is 0.132 e. The Morgan fingerprint density at radius 1 is 0.923 bits per heavy atom. The van der Waals surface area contributed by atoms with Gasteiger partial charge in [-0.2, -0.15) is 0 Å². The number of carbonyl (C=O) groups excluding carboxylic acids is 2. The Balaban J connectivity index is 3.25. The Labute approximate surface area is 80.7 Å². The van der Waals surface area contributed by atoms with Crippen LogP contribution in [0, 0.1) is 0 Å². The molecule has 0 heterocycles. The summed E-state index contributed by atoms with van der Waals surface area (Å²) in [5.41, 5.74) is 0. The van der Waals surface area contributed by atoms with Gasteiger partial charge in [0.2, 0.25) is 0 Å². The molecule has 0 aromatic carbocycles. The fourth-order valence-electron chi connectivity index (χ4n) is 1.23. The average molecular weight is 184 g/mol. The molecular formula is C11H20O2. The van der Waals surface area contributed by atoms with Gasteiger partial charge in [-0.15, -0.1) is 0 Å². The summed E-state index contributed by atoms with van der Waals surface area (Å²) in [4.78, 5) is 21.8. The number of hydrogen-bond donors (Lipinski definition) is 0. The van der Waals surface area contributed by atoms with Crippen LogP contribution < -0.4 is 0 Å². The highest BCUT2D eigenvalue weighted by molar-refractivity contribution is 5.80. The minimum absolute atomic E-state index is 0.182. The molecule has 0 aromatic rings. The van der Waals surface area contributed by atoms with Crippen molar-refractivity contribution < 1.29 is 9.59 Å². The molecule has 0 atom stereocenters. The van der Waals surface area contributed by atoms with Gasteiger partial charge in [0.25, 0.3) is 0 Å².